The minimum absolute atomic E-state index is 0.162. The molecule has 2 amide bonds. The van der Waals surface area contributed by atoms with Crippen molar-refractivity contribution < 1.29 is 13.2 Å². The van der Waals surface area contributed by atoms with Crippen LogP contribution in [-0.4, -0.2) is 39.4 Å². The Morgan fingerprint density at radius 2 is 1.84 bits per heavy atom. The normalized spacial score (nSPS) is 11.4. The van der Waals surface area contributed by atoms with Crippen LogP contribution < -0.4 is 10.6 Å². The molecule has 0 bridgehead atoms. The minimum atomic E-state index is -3.51. The van der Waals surface area contributed by atoms with E-state index in [1.807, 2.05) is 6.92 Å². The Labute approximate surface area is 113 Å². The van der Waals surface area contributed by atoms with Gasteiger partial charge in [-0.15, -0.1) is 0 Å². The fourth-order valence-electron chi connectivity index (χ4n) is 1.50. The molecule has 6 nitrogen and oxygen atoms in total. The minimum Gasteiger partial charge on any atom is -0.338 e. The van der Waals surface area contributed by atoms with E-state index in [0.29, 0.717) is 12.1 Å². The lowest BCUT2D eigenvalue weighted by Crippen LogP contribution is -2.35. The Morgan fingerprint density at radius 1 is 1.21 bits per heavy atom. The van der Waals surface area contributed by atoms with Crippen LogP contribution in [-0.2, 0) is 16.6 Å². The largest absolute Gasteiger partial charge is 0.338 e. The van der Waals surface area contributed by atoms with Crippen molar-refractivity contribution in [3.05, 3.63) is 29.8 Å². The zero-order valence-electron chi connectivity index (χ0n) is 11.3. The molecule has 1 aromatic rings. The first-order valence-corrected chi connectivity index (χ1v) is 7.35. The molecule has 0 saturated heterocycles. The molecule has 0 radical (unpaired) electrons. The quantitative estimate of drug-likeness (QED) is 0.838. The fourth-order valence-corrected chi connectivity index (χ4v) is 2.61. The molecule has 0 aliphatic rings. The van der Waals surface area contributed by atoms with E-state index < -0.39 is 10.0 Å². The SMILES string of the molecule is CCNC(=O)NCc1ccccc1S(=O)(=O)N(C)C. The number of rotatable bonds is 5. The van der Waals surface area contributed by atoms with Gasteiger partial charge in [0, 0.05) is 27.2 Å². The van der Waals surface area contributed by atoms with Gasteiger partial charge in [-0.05, 0) is 18.6 Å². The van der Waals surface area contributed by atoms with Crippen LogP contribution in [0.2, 0.25) is 0 Å². The highest BCUT2D eigenvalue weighted by molar-refractivity contribution is 7.89. The number of nitrogens with one attached hydrogen (secondary N) is 2. The Morgan fingerprint density at radius 3 is 2.42 bits per heavy atom. The third-order valence-corrected chi connectivity index (χ3v) is 4.42. The molecule has 19 heavy (non-hydrogen) atoms. The highest BCUT2D eigenvalue weighted by Gasteiger charge is 2.20. The maximum atomic E-state index is 12.1. The molecule has 0 saturated carbocycles. The van der Waals surface area contributed by atoms with Gasteiger partial charge in [0.05, 0.1) is 4.90 Å². The summed E-state index contributed by atoms with van der Waals surface area (Å²) in [6.07, 6.45) is 0. The van der Waals surface area contributed by atoms with Crippen LogP contribution in [0.3, 0.4) is 0 Å². The molecule has 2 N–H and O–H groups in total. The van der Waals surface area contributed by atoms with Gasteiger partial charge in [-0.1, -0.05) is 18.2 Å². The summed E-state index contributed by atoms with van der Waals surface area (Å²) >= 11 is 0. The number of amides is 2. The van der Waals surface area contributed by atoms with Gasteiger partial charge in [-0.3, -0.25) is 0 Å². The van der Waals surface area contributed by atoms with E-state index >= 15 is 0 Å². The zero-order chi connectivity index (χ0) is 14.5. The molecule has 0 heterocycles. The monoisotopic (exact) mass is 285 g/mol. The van der Waals surface area contributed by atoms with Gasteiger partial charge in [-0.2, -0.15) is 0 Å². The second-order valence-electron chi connectivity index (χ2n) is 4.11. The van der Waals surface area contributed by atoms with Gasteiger partial charge in [0.25, 0.3) is 0 Å². The van der Waals surface area contributed by atoms with Gasteiger partial charge < -0.3 is 10.6 Å². The van der Waals surface area contributed by atoms with Gasteiger partial charge in [0.2, 0.25) is 10.0 Å². The number of urea groups is 1. The molecule has 1 rings (SSSR count). The number of carbonyl (C=O) groups is 1. The molecular weight excluding hydrogens is 266 g/mol. The zero-order valence-corrected chi connectivity index (χ0v) is 12.1. The van der Waals surface area contributed by atoms with Gasteiger partial charge in [0.15, 0.2) is 0 Å². The maximum Gasteiger partial charge on any atom is 0.315 e. The Hall–Kier alpha value is -1.60. The van der Waals surface area contributed by atoms with Crippen molar-refractivity contribution in [2.75, 3.05) is 20.6 Å². The predicted molar refractivity (Wildman–Crippen MR) is 73.2 cm³/mol. The van der Waals surface area contributed by atoms with Gasteiger partial charge >= 0.3 is 6.03 Å². The van der Waals surface area contributed by atoms with Crippen LogP contribution in [0.15, 0.2) is 29.2 Å². The smallest absolute Gasteiger partial charge is 0.315 e. The van der Waals surface area contributed by atoms with Crippen LogP contribution >= 0.6 is 0 Å². The van der Waals surface area contributed by atoms with Gasteiger partial charge in [-0.25, -0.2) is 17.5 Å². The summed E-state index contributed by atoms with van der Waals surface area (Å²) in [6.45, 7) is 2.49. The molecule has 7 heteroatoms. The fraction of sp³-hybridized carbons (Fsp3) is 0.417. The van der Waals surface area contributed by atoms with Crippen molar-refractivity contribution in [2.45, 2.75) is 18.4 Å². The molecule has 106 valence electrons. The third kappa shape index (κ3) is 3.93. The summed E-state index contributed by atoms with van der Waals surface area (Å²) < 4.78 is 25.4. The number of nitrogens with zero attached hydrogens (tertiary/aromatic N) is 1. The number of hydrogen-bond acceptors (Lipinski definition) is 3. The van der Waals surface area contributed by atoms with Crippen LogP contribution in [0.25, 0.3) is 0 Å². The van der Waals surface area contributed by atoms with E-state index in [1.165, 1.54) is 20.2 Å². The van der Waals surface area contributed by atoms with Crippen molar-refractivity contribution in [2.24, 2.45) is 0 Å². The van der Waals surface area contributed by atoms with Crippen molar-refractivity contribution in [1.29, 1.82) is 0 Å². The summed E-state index contributed by atoms with van der Waals surface area (Å²) in [5.41, 5.74) is 0.558. The summed E-state index contributed by atoms with van der Waals surface area (Å²) in [4.78, 5) is 11.5. The van der Waals surface area contributed by atoms with Crippen LogP contribution in [0.5, 0.6) is 0 Å². The van der Waals surface area contributed by atoms with E-state index in [-0.39, 0.29) is 17.5 Å². The van der Waals surface area contributed by atoms with Crippen molar-refractivity contribution in [1.82, 2.24) is 14.9 Å². The molecule has 0 aliphatic carbocycles. The number of carbonyl (C=O) groups excluding carboxylic acids is 1. The Balaban J connectivity index is 2.95. The average Bonchev–Trinajstić information content (AvgIpc) is 2.37. The maximum absolute atomic E-state index is 12.1. The first kappa shape index (κ1) is 15.5. The number of sulfonamides is 1. The first-order valence-electron chi connectivity index (χ1n) is 5.91. The van der Waals surface area contributed by atoms with Crippen molar-refractivity contribution in [3.8, 4) is 0 Å². The Bertz CT molecular complexity index is 541. The topological polar surface area (TPSA) is 78.5 Å². The molecule has 1 aromatic carbocycles. The lowest BCUT2D eigenvalue weighted by molar-refractivity contribution is 0.241. The summed E-state index contributed by atoms with van der Waals surface area (Å²) in [5.74, 6) is 0. The predicted octanol–water partition coefficient (Wildman–Crippen LogP) is 0.756. The van der Waals surface area contributed by atoms with E-state index in [9.17, 15) is 13.2 Å². The molecule has 0 unspecified atom stereocenters. The van der Waals surface area contributed by atoms with Crippen molar-refractivity contribution >= 4 is 16.1 Å². The van der Waals surface area contributed by atoms with E-state index in [1.54, 1.807) is 18.2 Å². The van der Waals surface area contributed by atoms with E-state index in [4.69, 9.17) is 0 Å². The first-order chi connectivity index (χ1) is 8.89. The highest BCUT2D eigenvalue weighted by Crippen LogP contribution is 2.18. The molecule has 0 aliphatic heterocycles. The van der Waals surface area contributed by atoms with Gasteiger partial charge in [0.1, 0.15) is 0 Å². The van der Waals surface area contributed by atoms with Crippen molar-refractivity contribution in [3.63, 3.8) is 0 Å². The molecular formula is C12H19N3O3S. The third-order valence-electron chi connectivity index (χ3n) is 2.51. The number of benzene rings is 1. The second kappa shape index (κ2) is 6.53. The lowest BCUT2D eigenvalue weighted by atomic mass is 10.2. The summed E-state index contributed by atoms with van der Waals surface area (Å²) in [7, 11) is -0.555. The number of hydrogen-bond donors (Lipinski definition) is 2. The van der Waals surface area contributed by atoms with E-state index in [2.05, 4.69) is 10.6 Å². The lowest BCUT2D eigenvalue weighted by Gasteiger charge is -2.15. The standard InChI is InChI=1S/C12H19N3O3S/c1-4-13-12(16)14-9-10-7-5-6-8-11(10)19(17,18)15(2)3/h5-8H,4,9H2,1-3H3,(H2,13,14,16). The molecule has 0 fully saturated rings. The Kier molecular flexibility index (Phi) is 5.31. The van der Waals surface area contributed by atoms with Crippen LogP contribution in [0.1, 0.15) is 12.5 Å². The van der Waals surface area contributed by atoms with E-state index in [0.717, 1.165) is 4.31 Å². The average molecular weight is 285 g/mol. The summed E-state index contributed by atoms with van der Waals surface area (Å²) in [6, 6.07) is 6.29. The molecule has 0 aromatic heterocycles. The van der Waals surface area contributed by atoms with Crippen LogP contribution in [0.4, 0.5) is 4.79 Å². The highest BCUT2D eigenvalue weighted by atomic mass is 32.2. The molecule has 0 spiro atoms. The summed E-state index contributed by atoms with van der Waals surface area (Å²) in [5, 5.41) is 5.21. The van der Waals surface area contributed by atoms with Crippen LogP contribution in [0, 0.1) is 0 Å². The molecule has 0 atom stereocenters. The second-order valence-corrected chi connectivity index (χ2v) is 6.23.